The number of hydrogen-bond donors (Lipinski definition) is 0. The number of hydrogen-bond acceptors (Lipinski definition) is 5. The molecule has 2 unspecified atom stereocenters. The van der Waals surface area contributed by atoms with E-state index in [0.29, 0.717) is 17.0 Å². The van der Waals surface area contributed by atoms with Gasteiger partial charge in [-0.3, -0.25) is 9.79 Å². The van der Waals surface area contributed by atoms with Crippen molar-refractivity contribution in [2.75, 3.05) is 14.2 Å². The van der Waals surface area contributed by atoms with Gasteiger partial charge in [0.1, 0.15) is 5.92 Å². The predicted molar refractivity (Wildman–Crippen MR) is 87.3 cm³/mol. The number of carbonyl (C=O) groups is 2. The summed E-state index contributed by atoms with van der Waals surface area (Å²) in [5.74, 6) is -1.98. The van der Waals surface area contributed by atoms with Crippen LogP contribution in [-0.4, -0.2) is 31.9 Å². The number of benzene rings is 1. The van der Waals surface area contributed by atoms with Crippen LogP contribution >= 0.6 is 0 Å². The molecule has 0 radical (unpaired) electrons. The highest BCUT2D eigenvalue weighted by Crippen LogP contribution is 2.40. The second-order valence-corrected chi connectivity index (χ2v) is 5.58. The Kier molecular flexibility index (Phi) is 4.98. The van der Waals surface area contributed by atoms with Gasteiger partial charge in [-0.05, 0) is 31.9 Å². The van der Waals surface area contributed by atoms with E-state index in [0.717, 1.165) is 11.1 Å². The number of rotatable bonds is 3. The van der Waals surface area contributed by atoms with Gasteiger partial charge in [0.05, 0.1) is 19.8 Å². The molecule has 2 rings (SSSR count). The molecule has 0 bridgehead atoms. The van der Waals surface area contributed by atoms with Gasteiger partial charge in [0, 0.05) is 17.3 Å². The van der Waals surface area contributed by atoms with Crippen molar-refractivity contribution >= 4 is 17.7 Å². The molecule has 5 heteroatoms. The Labute approximate surface area is 136 Å². The van der Waals surface area contributed by atoms with Gasteiger partial charge in [-0.1, -0.05) is 24.3 Å². The molecular weight excluding hydrogens is 294 g/mol. The molecule has 0 aromatic heterocycles. The highest BCUT2D eigenvalue weighted by molar-refractivity contribution is 6.07. The number of esters is 2. The van der Waals surface area contributed by atoms with E-state index in [-0.39, 0.29) is 0 Å². The molecule has 0 saturated carbocycles. The van der Waals surface area contributed by atoms with Gasteiger partial charge in [0.15, 0.2) is 0 Å². The molecule has 0 aliphatic carbocycles. The second-order valence-electron chi connectivity index (χ2n) is 5.58. The monoisotopic (exact) mass is 315 g/mol. The zero-order valence-electron chi connectivity index (χ0n) is 14.0. The van der Waals surface area contributed by atoms with Crippen molar-refractivity contribution in [1.82, 2.24) is 0 Å². The fraction of sp³-hybridized carbons (Fsp3) is 0.389. The maximum Gasteiger partial charge on any atom is 0.336 e. The number of methoxy groups -OCH3 is 2. The summed E-state index contributed by atoms with van der Waals surface area (Å²) in [6, 6.07) is 7.69. The molecule has 23 heavy (non-hydrogen) atoms. The van der Waals surface area contributed by atoms with Crippen molar-refractivity contribution in [3.05, 3.63) is 46.7 Å². The van der Waals surface area contributed by atoms with E-state index >= 15 is 0 Å². The number of allylic oxidation sites excluding steroid dienone is 1. The lowest BCUT2D eigenvalue weighted by molar-refractivity contribution is -0.143. The molecule has 5 nitrogen and oxygen atoms in total. The lowest BCUT2D eigenvalue weighted by Crippen LogP contribution is -2.36. The molecule has 2 atom stereocenters. The van der Waals surface area contributed by atoms with Gasteiger partial charge in [0.2, 0.25) is 0 Å². The zero-order chi connectivity index (χ0) is 17.1. The first-order valence-electron chi connectivity index (χ1n) is 7.40. The molecule has 122 valence electrons. The summed E-state index contributed by atoms with van der Waals surface area (Å²) in [4.78, 5) is 29.1. The third-order valence-corrected chi connectivity index (χ3v) is 4.21. The van der Waals surface area contributed by atoms with E-state index in [4.69, 9.17) is 9.47 Å². The summed E-state index contributed by atoms with van der Waals surface area (Å²) in [6.07, 6.45) is 0. The topological polar surface area (TPSA) is 65.0 Å². The molecule has 1 aliphatic heterocycles. The first kappa shape index (κ1) is 16.9. The molecule has 0 saturated heterocycles. The third-order valence-electron chi connectivity index (χ3n) is 4.21. The summed E-state index contributed by atoms with van der Waals surface area (Å²) in [5, 5.41) is 0. The molecule has 1 aromatic carbocycles. The molecular formula is C18H21NO4. The maximum atomic E-state index is 12.4. The van der Waals surface area contributed by atoms with Crippen LogP contribution in [-0.2, 0) is 19.1 Å². The van der Waals surface area contributed by atoms with Crippen LogP contribution in [0.15, 0.2) is 40.5 Å². The quantitative estimate of drug-likeness (QED) is 0.805. The van der Waals surface area contributed by atoms with E-state index < -0.39 is 23.8 Å². The minimum absolute atomic E-state index is 0.405. The first-order valence-corrected chi connectivity index (χ1v) is 7.40. The van der Waals surface area contributed by atoms with Crippen molar-refractivity contribution in [2.24, 2.45) is 10.9 Å². The van der Waals surface area contributed by atoms with Crippen molar-refractivity contribution in [2.45, 2.75) is 26.7 Å². The molecule has 1 heterocycles. The Bertz CT molecular complexity index is 703. The fourth-order valence-electron chi connectivity index (χ4n) is 3.12. The van der Waals surface area contributed by atoms with Gasteiger partial charge >= 0.3 is 11.9 Å². The van der Waals surface area contributed by atoms with E-state index in [1.807, 2.05) is 31.2 Å². The summed E-state index contributed by atoms with van der Waals surface area (Å²) in [5.41, 5.74) is 3.51. The van der Waals surface area contributed by atoms with Crippen LogP contribution in [0.2, 0.25) is 0 Å². The molecule has 0 N–H and O–H groups in total. The van der Waals surface area contributed by atoms with Crippen LogP contribution in [0.4, 0.5) is 0 Å². The summed E-state index contributed by atoms with van der Waals surface area (Å²) in [6.45, 7) is 5.49. The van der Waals surface area contributed by atoms with Crippen LogP contribution in [0, 0.1) is 12.8 Å². The smallest absolute Gasteiger partial charge is 0.336 e. The highest BCUT2D eigenvalue weighted by atomic mass is 16.5. The van der Waals surface area contributed by atoms with Crippen molar-refractivity contribution in [1.29, 1.82) is 0 Å². The Morgan fingerprint density at radius 1 is 1.04 bits per heavy atom. The van der Waals surface area contributed by atoms with Crippen LogP contribution in [0.1, 0.15) is 30.9 Å². The van der Waals surface area contributed by atoms with Gasteiger partial charge in [-0.15, -0.1) is 0 Å². The predicted octanol–water partition coefficient (Wildman–Crippen LogP) is 2.79. The minimum atomic E-state index is -0.640. The number of aliphatic imine (C=N–C) groups is 1. The molecule has 0 fully saturated rings. The molecule has 1 aliphatic rings. The number of ether oxygens (including phenoxy) is 2. The SMILES string of the molecule is COC(=O)C1=C(C)N=C(C)C(C(=O)OC)C1c1ccccc1C. The fourth-order valence-corrected chi connectivity index (χ4v) is 3.12. The number of nitrogens with zero attached hydrogens (tertiary/aromatic N) is 1. The van der Waals surface area contributed by atoms with Crippen molar-refractivity contribution in [3.63, 3.8) is 0 Å². The minimum Gasteiger partial charge on any atom is -0.468 e. The average molecular weight is 315 g/mol. The second kappa shape index (κ2) is 6.77. The summed E-state index contributed by atoms with van der Waals surface area (Å²) >= 11 is 0. The number of aryl methyl sites for hydroxylation is 1. The van der Waals surface area contributed by atoms with E-state index in [1.54, 1.807) is 13.8 Å². The Morgan fingerprint density at radius 3 is 2.26 bits per heavy atom. The van der Waals surface area contributed by atoms with E-state index in [9.17, 15) is 9.59 Å². The lowest BCUT2D eigenvalue weighted by Gasteiger charge is -2.31. The Hall–Kier alpha value is -2.43. The summed E-state index contributed by atoms with van der Waals surface area (Å²) in [7, 11) is 2.67. The Balaban J connectivity index is 2.71. The van der Waals surface area contributed by atoms with Gasteiger partial charge in [0.25, 0.3) is 0 Å². The number of carbonyl (C=O) groups excluding carboxylic acids is 2. The van der Waals surface area contributed by atoms with Crippen molar-refractivity contribution < 1.29 is 19.1 Å². The van der Waals surface area contributed by atoms with Gasteiger partial charge in [-0.2, -0.15) is 0 Å². The first-order chi connectivity index (χ1) is 10.9. The largest absolute Gasteiger partial charge is 0.468 e. The summed E-state index contributed by atoms with van der Waals surface area (Å²) < 4.78 is 9.88. The van der Waals surface area contributed by atoms with E-state index in [2.05, 4.69) is 4.99 Å². The molecule has 1 aromatic rings. The normalized spacial score (nSPS) is 20.8. The standard InChI is InChI=1S/C18H21NO4/c1-10-8-6-7-9-13(10)16-14(17(20)22-4)11(2)19-12(3)15(16)18(21)23-5/h6-9,14,16H,1-5H3. The third kappa shape index (κ3) is 3.04. The zero-order valence-corrected chi connectivity index (χ0v) is 14.0. The van der Waals surface area contributed by atoms with Gasteiger partial charge in [-0.25, -0.2) is 4.79 Å². The van der Waals surface area contributed by atoms with Crippen LogP contribution < -0.4 is 0 Å². The Morgan fingerprint density at radius 2 is 1.70 bits per heavy atom. The van der Waals surface area contributed by atoms with Gasteiger partial charge < -0.3 is 9.47 Å². The highest BCUT2D eigenvalue weighted by Gasteiger charge is 2.42. The maximum absolute atomic E-state index is 12.4. The van der Waals surface area contributed by atoms with Crippen LogP contribution in [0.3, 0.4) is 0 Å². The van der Waals surface area contributed by atoms with E-state index in [1.165, 1.54) is 14.2 Å². The van der Waals surface area contributed by atoms with Crippen molar-refractivity contribution in [3.8, 4) is 0 Å². The van der Waals surface area contributed by atoms with Crippen LogP contribution in [0.5, 0.6) is 0 Å². The van der Waals surface area contributed by atoms with Crippen LogP contribution in [0.25, 0.3) is 0 Å². The molecule has 0 amide bonds. The average Bonchev–Trinajstić information content (AvgIpc) is 2.53. The lowest BCUT2D eigenvalue weighted by atomic mass is 9.74. The molecule has 0 spiro atoms.